The smallest absolute Gasteiger partial charge is 0.0786 e. The molecule has 0 N–H and O–H groups in total. The van der Waals surface area contributed by atoms with Crippen LogP contribution in [0.3, 0.4) is 0 Å². The van der Waals surface area contributed by atoms with Crippen LogP contribution in [0.15, 0.2) is 176 Å². The highest BCUT2D eigenvalue weighted by molar-refractivity contribution is 6.18. The van der Waals surface area contributed by atoms with Gasteiger partial charge in [-0.05, 0) is 58.1 Å². The molecule has 0 bridgehead atoms. The van der Waals surface area contributed by atoms with E-state index in [0.717, 1.165) is 89.4 Å². The Kier molecular flexibility index (Phi) is 6.80. The van der Waals surface area contributed by atoms with Crippen molar-refractivity contribution in [3.05, 3.63) is 176 Å². The van der Waals surface area contributed by atoms with Gasteiger partial charge in [-0.2, -0.15) is 0 Å². The monoisotopic (exact) mass is 611 g/mol. The molecule has 9 rings (SSSR count). The van der Waals surface area contributed by atoms with Crippen molar-refractivity contribution >= 4 is 0 Å². The molecule has 1 aliphatic carbocycles. The van der Waals surface area contributed by atoms with E-state index >= 15 is 0 Å². The quantitative estimate of drug-likeness (QED) is 0.199. The van der Waals surface area contributed by atoms with Crippen LogP contribution in [0, 0.1) is 0 Å². The Morgan fingerprint density at radius 2 is 0.667 bits per heavy atom. The third-order valence-corrected chi connectivity index (χ3v) is 9.21. The summed E-state index contributed by atoms with van der Waals surface area (Å²) in [5.74, 6) is 0. The summed E-state index contributed by atoms with van der Waals surface area (Å²) in [6.07, 6.45) is 5.69. The molecule has 0 amide bonds. The number of hydrogen-bond acceptors (Lipinski definition) is 3. The Morgan fingerprint density at radius 1 is 0.250 bits per heavy atom. The minimum absolute atomic E-state index is 0.909. The van der Waals surface area contributed by atoms with Crippen molar-refractivity contribution in [2.75, 3.05) is 0 Å². The molecular formula is C45H29N3. The van der Waals surface area contributed by atoms with Gasteiger partial charge in [0.05, 0.1) is 17.1 Å². The minimum Gasteiger partial charge on any atom is -0.256 e. The highest BCUT2D eigenvalue weighted by Gasteiger charge is 2.33. The first-order valence-corrected chi connectivity index (χ1v) is 16.2. The van der Waals surface area contributed by atoms with Crippen molar-refractivity contribution in [2.24, 2.45) is 0 Å². The van der Waals surface area contributed by atoms with Gasteiger partial charge in [0, 0.05) is 63.1 Å². The van der Waals surface area contributed by atoms with Gasteiger partial charge in [-0.25, -0.2) is 0 Å². The van der Waals surface area contributed by atoms with Crippen molar-refractivity contribution in [2.45, 2.75) is 0 Å². The summed E-state index contributed by atoms with van der Waals surface area (Å²) in [5.41, 5.74) is 17.2. The van der Waals surface area contributed by atoms with Gasteiger partial charge < -0.3 is 0 Å². The predicted molar refractivity (Wildman–Crippen MR) is 197 cm³/mol. The van der Waals surface area contributed by atoms with Gasteiger partial charge in [-0.3, -0.25) is 15.0 Å². The highest BCUT2D eigenvalue weighted by atomic mass is 14.7. The second-order valence-electron chi connectivity index (χ2n) is 11.9. The van der Waals surface area contributed by atoms with Crippen LogP contribution in [0.25, 0.3) is 89.4 Å². The number of pyridine rings is 3. The van der Waals surface area contributed by atoms with Gasteiger partial charge in [0.2, 0.25) is 0 Å². The van der Waals surface area contributed by atoms with Gasteiger partial charge in [0.1, 0.15) is 0 Å². The third kappa shape index (κ3) is 4.48. The first-order valence-electron chi connectivity index (χ1n) is 16.2. The molecule has 224 valence electrons. The third-order valence-electron chi connectivity index (χ3n) is 9.21. The summed E-state index contributed by atoms with van der Waals surface area (Å²) in [5, 5.41) is 0. The molecule has 3 nitrogen and oxygen atoms in total. The van der Waals surface area contributed by atoms with E-state index in [1.807, 2.05) is 36.8 Å². The van der Waals surface area contributed by atoms with Crippen LogP contribution >= 0.6 is 0 Å². The second-order valence-corrected chi connectivity index (χ2v) is 11.9. The van der Waals surface area contributed by atoms with Crippen LogP contribution in [-0.4, -0.2) is 15.0 Å². The molecule has 48 heavy (non-hydrogen) atoms. The van der Waals surface area contributed by atoms with E-state index in [1.54, 1.807) is 0 Å². The van der Waals surface area contributed by atoms with Crippen molar-refractivity contribution in [3.8, 4) is 89.4 Å². The summed E-state index contributed by atoms with van der Waals surface area (Å²) in [4.78, 5) is 15.2. The summed E-state index contributed by atoms with van der Waals surface area (Å²) < 4.78 is 0. The summed E-state index contributed by atoms with van der Waals surface area (Å²) >= 11 is 0. The standard InChI is InChI=1S/C45H29N3/c1-3-16-30(17-4-1)39-40(31-18-5-2-6-19-31)44(38-26-12-14-28-47-38)42-34-22-9-10-23-36(34)45-35(24-15-29-48-45)32-20-7-8-21-33(32)41(42)43(39)37-25-11-13-27-46-37/h1-29H. The lowest BCUT2D eigenvalue weighted by molar-refractivity contribution is 1.30. The predicted octanol–water partition coefficient (Wildman–Crippen LogP) is 11.5. The lowest BCUT2D eigenvalue weighted by Gasteiger charge is -2.31. The molecule has 0 aliphatic heterocycles. The fourth-order valence-electron chi connectivity index (χ4n) is 7.29. The van der Waals surface area contributed by atoms with E-state index < -0.39 is 0 Å². The maximum Gasteiger partial charge on any atom is 0.0786 e. The maximum absolute atomic E-state index is 5.08. The molecule has 1 aliphatic rings. The molecule has 3 heteroatoms. The highest BCUT2D eigenvalue weighted by Crippen LogP contribution is 2.58. The van der Waals surface area contributed by atoms with Crippen molar-refractivity contribution in [3.63, 3.8) is 0 Å². The summed E-state index contributed by atoms with van der Waals surface area (Å²) in [6, 6.07) is 55.6. The topological polar surface area (TPSA) is 38.7 Å². The average Bonchev–Trinajstić information content (AvgIpc) is 3.17. The average molecular weight is 612 g/mol. The van der Waals surface area contributed by atoms with Crippen molar-refractivity contribution < 1.29 is 0 Å². The molecule has 0 spiro atoms. The van der Waals surface area contributed by atoms with Crippen molar-refractivity contribution in [1.82, 2.24) is 15.0 Å². The number of fused-ring (bicyclic) bond motifs is 8. The van der Waals surface area contributed by atoms with Gasteiger partial charge in [-0.1, -0.05) is 127 Å². The molecule has 0 radical (unpaired) electrons. The van der Waals surface area contributed by atoms with Gasteiger partial charge in [-0.15, -0.1) is 0 Å². The molecule has 0 saturated carbocycles. The van der Waals surface area contributed by atoms with E-state index in [1.165, 1.54) is 0 Å². The van der Waals surface area contributed by atoms with E-state index in [0.29, 0.717) is 0 Å². The van der Waals surface area contributed by atoms with Crippen LogP contribution in [0.5, 0.6) is 0 Å². The lowest BCUT2D eigenvalue weighted by atomic mass is 9.72. The number of rotatable bonds is 4. The van der Waals surface area contributed by atoms with Gasteiger partial charge >= 0.3 is 0 Å². The molecule has 5 aromatic carbocycles. The summed E-state index contributed by atoms with van der Waals surface area (Å²) in [6.45, 7) is 0. The number of nitrogens with zero attached hydrogens (tertiary/aromatic N) is 3. The fourth-order valence-corrected chi connectivity index (χ4v) is 7.29. The van der Waals surface area contributed by atoms with Crippen LogP contribution in [0.2, 0.25) is 0 Å². The maximum atomic E-state index is 5.08. The molecule has 0 unspecified atom stereocenters. The second kappa shape index (κ2) is 11.7. The number of benzene rings is 5. The van der Waals surface area contributed by atoms with E-state index in [9.17, 15) is 0 Å². The zero-order valence-electron chi connectivity index (χ0n) is 26.1. The van der Waals surface area contributed by atoms with Crippen LogP contribution < -0.4 is 0 Å². The first-order chi connectivity index (χ1) is 23.9. The fraction of sp³-hybridized carbons (Fsp3) is 0. The molecular weight excluding hydrogens is 583 g/mol. The van der Waals surface area contributed by atoms with E-state index in [4.69, 9.17) is 15.0 Å². The van der Waals surface area contributed by atoms with Crippen molar-refractivity contribution in [1.29, 1.82) is 0 Å². The summed E-state index contributed by atoms with van der Waals surface area (Å²) in [7, 11) is 0. The number of hydrogen-bond donors (Lipinski definition) is 0. The van der Waals surface area contributed by atoms with Gasteiger partial charge in [0.25, 0.3) is 0 Å². The Hall–Kier alpha value is -6.45. The Bertz CT molecular complexity index is 2250. The SMILES string of the molecule is c1ccc(-c2c(-c3ccccc3)c(-c3ccccn3)c3c(c2-c2ccccn2)-c2ccccc2-c2cccnc2-c2ccccc2-3)cc1. The number of aromatic nitrogens is 3. The Balaban J connectivity index is 1.63. The van der Waals surface area contributed by atoms with Crippen LogP contribution in [0.4, 0.5) is 0 Å². The van der Waals surface area contributed by atoms with E-state index in [2.05, 4.69) is 140 Å². The Labute approximate surface area is 279 Å². The van der Waals surface area contributed by atoms with Gasteiger partial charge in [0.15, 0.2) is 0 Å². The normalized spacial score (nSPS) is 11.3. The first kappa shape index (κ1) is 27.8. The molecule has 0 fully saturated rings. The lowest BCUT2D eigenvalue weighted by Crippen LogP contribution is -2.06. The van der Waals surface area contributed by atoms with Crippen LogP contribution in [-0.2, 0) is 0 Å². The molecule has 8 aromatic rings. The minimum atomic E-state index is 0.909. The molecule has 0 saturated heterocycles. The van der Waals surface area contributed by atoms with Crippen LogP contribution in [0.1, 0.15) is 0 Å². The Morgan fingerprint density at radius 3 is 1.19 bits per heavy atom. The molecule has 3 heterocycles. The van der Waals surface area contributed by atoms with E-state index in [-0.39, 0.29) is 0 Å². The molecule has 0 atom stereocenters. The zero-order chi connectivity index (χ0) is 31.9. The zero-order valence-corrected chi connectivity index (χ0v) is 26.1. The molecule has 3 aromatic heterocycles. The largest absolute Gasteiger partial charge is 0.256 e.